The van der Waals surface area contributed by atoms with Crippen LogP contribution in [-0.2, 0) is 6.54 Å². The van der Waals surface area contributed by atoms with Gasteiger partial charge in [0.25, 0.3) is 0 Å². The maximum Gasteiger partial charge on any atom is 0.133 e. The van der Waals surface area contributed by atoms with Gasteiger partial charge >= 0.3 is 0 Å². The Bertz CT molecular complexity index is 394. The van der Waals surface area contributed by atoms with Crippen molar-refractivity contribution in [1.82, 2.24) is 4.98 Å². The highest BCUT2D eigenvalue weighted by Gasteiger charge is 2.26. The van der Waals surface area contributed by atoms with Crippen LogP contribution in [0, 0.1) is 12.8 Å². The van der Waals surface area contributed by atoms with Crippen molar-refractivity contribution >= 4 is 5.82 Å². The molecule has 2 rings (SSSR count). The van der Waals surface area contributed by atoms with E-state index in [9.17, 15) is 5.11 Å². The number of aliphatic hydroxyl groups excluding tert-OH is 1. The van der Waals surface area contributed by atoms with Crippen LogP contribution in [0.15, 0.2) is 12.1 Å². The third kappa shape index (κ3) is 2.58. The van der Waals surface area contributed by atoms with Crippen molar-refractivity contribution in [3.05, 3.63) is 23.4 Å². The lowest BCUT2D eigenvalue weighted by Gasteiger charge is -2.36. The first kappa shape index (κ1) is 12.3. The van der Waals surface area contributed by atoms with E-state index in [4.69, 9.17) is 5.73 Å². The van der Waals surface area contributed by atoms with E-state index < -0.39 is 0 Å². The summed E-state index contributed by atoms with van der Waals surface area (Å²) in [5.74, 6) is 1.28. The zero-order valence-corrected chi connectivity index (χ0v) is 10.6. The van der Waals surface area contributed by atoms with Gasteiger partial charge in [0.05, 0.1) is 6.10 Å². The van der Waals surface area contributed by atoms with E-state index in [1.54, 1.807) is 0 Å². The Morgan fingerprint density at radius 3 is 2.94 bits per heavy atom. The van der Waals surface area contributed by atoms with Crippen molar-refractivity contribution in [3.63, 3.8) is 0 Å². The molecule has 2 unspecified atom stereocenters. The van der Waals surface area contributed by atoms with Crippen LogP contribution in [0.25, 0.3) is 0 Å². The molecule has 2 heterocycles. The number of hydrogen-bond acceptors (Lipinski definition) is 4. The van der Waals surface area contributed by atoms with Crippen LogP contribution in [0.3, 0.4) is 0 Å². The molecule has 94 valence electrons. The molecule has 1 aliphatic heterocycles. The highest BCUT2D eigenvalue weighted by atomic mass is 16.3. The van der Waals surface area contributed by atoms with Gasteiger partial charge in [0.15, 0.2) is 0 Å². The van der Waals surface area contributed by atoms with Gasteiger partial charge in [-0.25, -0.2) is 4.98 Å². The van der Waals surface area contributed by atoms with Gasteiger partial charge in [-0.05, 0) is 25.3 Å². The molecular weight excluding hydrogens is 214 g/mol. The first-order valence-electron chi connectivity index (χ1n) is 6.21. The number of aliphatic hydroxyl groups is 1. The summed E-state index contributed by atoms with van der Waals surface area (Å²) in [5, 5.41) is 9.75. The minimum atomic E-state index is -0.183. The monoisotopic (exact) mass is 235 g/mol. The topological polar surface area (TPSA) is 62.4 Å². The van der Waals surface area contributed by atoms with Gasteiger partial charge in [-0.3, -0.25) is 0 Å². The lowest BCUT2D eigenvalue weighted by molar-refractivity contribution is 0.0968. The van der Waals surface area contributed by atoms with Crippen LogP contribution in [0.4, 0.5) is 5.82 Å². The van der Waals surface area contributed by atoms with Crippen molar-refractivity contribution < 1.29 is 5.11 Å². The summed E-state index contributed by atoms with van der Waals surface area (Å²) >= 11 is 0. The first-order valence-corrected chi connectivity index (χ1v) is 6.21. The number of anilines is 1. The Kier molecular flexibility index (Phi) is 3.64. The summed E-state index contributed by atoms with van der Waals surface area (Å²) in [5.41, 5.74) is 7.85. The van der Waals surface area contributed by atoms with E-state index in [0.717, 1.165) is 36.6 Å². The summed E-state index contributed by atoms with van der Waals surface area (Å²) in [6, 6.07) is 4.04. The number of piperidine rings is 1. The molecule has 0 aliphatic carbocycles. The number of nitrogens with zero attached hydrogens (tertiary/aromatic N) is 2. The van der Waals surface area contributed by atoms with Gasteiger partial charge in [-0.2, -0.15) is 0 Å². The van der Waals surface area contributed by atoms with Crippen molar-refractivity contribution in [2.45, 2.75) is 32.9 Å². The second-order valence-corrected chi connectivity index (χ2v) is 4.92. The molecule has 1 aromatic heterocycles. The summed E-state index contributed by atoms with van der Waals surface area (Å²) < 4.78 is 0. The average molecular weight is 235 g/mol. The molecule has 0 amide bonds. The quantitative estimate of drug-likeness (QED) is 0.804. The molecule has 0 saturated carbocycles. The smallest absolute Gasteiger partial charge is 0.133 e. The average Bonchev–Trinajstić information content (AvgIpc) is 2.32. The van der Waals surface area contributed by atoms with Gasteiger partial charge in [-0.1, -0.05) is 13.0 Å². The maximum atomic E-state index is 9.75. The van der Waals surface area contributed by atoms with Crippen LogP contribution in [0.2, 0.25) is 0 Å². The van der Waals surface area contributed by atoms with E-state index in [1.165, 1.54) is 0 Å². The lowest BCUT2D eigenvalue weighted by Crippen LogP contribution is -2.42. The number of aromatic nitrogens is 1. The van der Waals surface area contributed by atoms with Crippen molar-refractivity contribution in [3.8, 4) is 0 Å². The molecule has 0 spiro atoms. The predicted molar refractivity (Wildman–Crippen MR) is 68.9 cm³/mol. The summed E-state index contributed by atoms with van der Waals surface area (Å²) in [4.78, 5) is 6.83. The van der Waals surface area contributed by atoms with E-state index in [2.05, 4.69) is 16.8 Å². The summed E-state index contributed by atoms with van der Waals surface area (Å²) in [6.07, 6.45) is 0.623. The molecule has 1 aliphatic rings. The molecule has 3 N–H and O–H groups in total. The van der Waals surface area contributed by atoms with Crippen LogP contribution >= 0.6 is 0 Å². The molecular formula is C13H21N3O. The molecule has 4 nitrogen and oxygen atoms in total. The van der Waals surface area contributed by atoms with Gasteiger partial charge in [0, 0.05) is 30.9 Å². The van der Waals surface area contributed by atoms with Crippen LogP contribution in [-0.4, -0.2) is 29.3 Å². The maximum absolute atomic E-state index is 9.75. The third-order valence-corrected chi connectivity index (χ3v) is 3.47. The first-order chi connectivity index (χ1) is 8.11. The second-order valence-electron chi connectivity index (χ2n) is 4.92. The highest BCUT2D eigenvalue weighted by Crippen LogP contribution is 2.24. The standard InChI is InChI=1S/C13H21N3O/c1-9-8-16(6-5-12(9)17)13-11(7-14)4-3-10(2)15-13/h3-4,9,12,17H,5-8,14H2,1-2H3. The molecule has 1 aromatic rings. The third-order valence-electron chi connectivity index (χ3n) is 3.47. The lowest BCUT2D eigenvalue weighted by atomic mass is 9.96. The number of aryl methyl sites for hydroxylation is 1. The Morgan fingerprint density at radius 2 is 2.29 bits per heavy atom. The van der Waals surface area contributed by atoms with Gasteiger partial charge in [0.1, 0.15) is 5.82 Å². The number of hydrogen-bond donors (Lipinski definition) is 2. The number of pyridine rings is 1. The molecule has 0 aromatic carbocycles. The van der Waals surface area contributed by atoms with Gasteiger partial charge in [0.2, 0.25) is 0 Å². The van der Waals surface area contributed by atoms with Crippen LogP contribution < -0.4 is 10.6 Å². The minimum absolute atomic E-state index is 0.183. The second kappa shape index (κ2) is 5.02. The fourth-order valence-electron chi connectivity index (χ4n) is 2.33. The minimum Gasteiger partial charge on any atom is -0.393 e. The Hall–Kier alpha value is -1.13. The Balaban J connectivity index is 2.24. The molecule has 0 radical (unpaired) electrons. The molecule has 0 bridgehead atoms. The zero-order chi connectivity index (χ0) is 12.4. The van der Waals surface area contributed by atoms with Crippen molar-refractivity contribution in [1.29, 1.82) is 0 Å². The number of rotatable bonds is 2. The Labute approximate surface area is 102 Å². The van der Waals surface area contributed by atoms with E-state index in [1.807, 2.05) is 19.1 Å². The van der Waals surface area contributed by atoms with Crippen molar-refractivity contribution in [2.24, 2.45) is 11.7 Å². The summed E-state index contributed by atoms with van der Waals surface area (Å²) in [7, 11) is 0. The molecule has 17 heavy (non-hydrogen) atoms. The molecule has 2 atom stereocenters. The predicted octanol–water partition coefficient (Wildman–Crippen LogP) is 1.06. The molecule has 1 saturated heterocycles. The Morgan fingerprint density at radius 1 is 1.53 bits per heavy atom. The number of nitrogens with two attached hydrogens (primary N) is 1. The highest BCUT2D eigenvalue weighted by molar-refractivity contribution is 5.48. The zero-order valence-electron chi connectivity index (χ0n) is 10.6. The van der Waals surface area contributed by atoms with Gasteiger partial charge < -0.3 is 15.7 Å². The molecule has 1 fully saturated rings. The SMILES string of the molecule is Cc1ccc(CN)c(N2CCC(O)C(C)C2)n1. The van der Waals surface area contributed by atoms with Gasteiger partial charge in [-0.15, -0.1) is 0 Å². The largest absolute Gasteiger partial charge is 0.393 e. The fraction of sp³-hybridized carbons (Fsp3) is 0.615. The normalized spacial score (nSPS) is 25.1. The molecule has 4 heteroatoms. The van der Waals surface area contributed by atoms with Crippen LogP contribution in [0.5, 0.6) is 0 Å². The van der Waals surface area contributed by atoms with E-state index >= 15 is 0 Å². The fourth-order valence-corrected chi connectivity index (χ4v) is 2.33. The summed E-state index contributed by atoms with van der Waals surface area (Å²) in [6.45, 7) is 6.29. The van der Waals surface area contributed by atoms with E-state index in [-0.39, 0.29) is 12.0 Å². The van der Waals surface area contributed by atoms with Crippen LogP contribution in [0.1, 0.15) is 24.6 Å². The van der Waals surface area contributed by atoms with E-state index in [0.29, 0.717) is 6.54 Å². The van der Waals surface area contributed by atoms with Crippen molar-refractivity contribution in [2.75, 3.05) is 18.0 Å².